The molecule has 0 saturated heterocycles. The highest BCUT2D eigenvalue weighted by molar-refractivity contribution is 5.86. The molecule has 2 N–H and O–H groups in total. The summed E-state index contributed by atoms with van der Waals surface area (Å²) in [6, 6.07) is 7.57. The Labute approximate surface area is 98.2 Å². The first-order chi connectivity index (χ1) is 8.20. The second kappa shape index (κ2) is 4.61. The van der Waals surface area contributed by atoms with E-state index in [0.717, 1.165) is 11.3 Å². The van der Waals surface area contributed by atoms with Gasteiger partial charge in [-0.05, 0) is 24.3 Å². The molecule has 0 radical (unpaired) electrons. The van der Waals surface area contributed by atoms with Crippen LogP contribution in [0.2, 0.25) is 0 Å². The van der Waals surface area contributed by atoms with Crippen molar-refractivity contribution in [2.75, 3.05) is 12.4 Å². The Morgan fingerprint density at radius 2 is 1.76 bits per heavy atom. The van der Waals surface area contributed by atoms with Gasteiger partial charge in [0, 0.05) is 30.7 Å². The molecule has 1 aromatic heterocycles. The molecule has 5 nitrogen and oxygen atoms in total. The van der Waals surface area contributed by atoms with Crippen LogP contribution >= 0.6 is 0 Å². The van der Waals surface area contributed by atoms with Crippen LogP contribution in [0.25, 0.3) is 11.4 Å². The van der Waals surface area contributed by atoms with E-state index < -0.39 is 5.97 Å². The molecule has 1 aromatic carbocycles. The standard InChI is InChI=1S/C12H11N3O2/c1-13-10-4-2-8(3-5-10)11-14-6-9(7-15-11)12(16)17/h2-7,13H,1H3,(H,16,17). The molecule has 5 heteroatoms. The topological polar surface area (TPSA) is 75.1 Å². The first-order valence-corrected chi connectivity index (χ1v) is 5.04. The van der Waals surface area contributed by atoms with Gasteiger partial charge in [-0.25, -0.2) is 14.8 Å². The maximum atomic E-state index is 10.6. The SMILES string of the molecule is CNc1ccc(-c2ncc(C(=O)O)cn2)cc1. The summed E-state index contributed by atoms with van der Waals surface area (Å²) in [5.74, 6) is -0.514. The Kier molecular flexibility index (Phi) is 3.00. The number of aromatic nitrogens is 2. The van der Waals surface area contributed by atoms with Crippen LogP contribution in [0.15, 0.2) is 36.7 Å². The van der Waals surface area contributed by atoms with Gasteiger partial charge in [0.2, 0.25) is 0 Å². The lowest BCUT2D eigenvalue weighted by Crippen LogP contribution is -1.99. The Bertz CT molecular complexity index is 520. The number of rotatable bonds is 3. The fraction of sp³-hybridized carbons (Fsp3) is 0.0833. The van der Waals surface area contributed by atoms with Crippen molar-refractivity contribution in [3.05, 3.63) is 42.2 Å². The van der Waals surface area contributed by atoms with Gasteiger partial charge < -0.3 is 10.4 Å². The van der Waals surface area contributed by atoms with Gasteiger partial charge in [-0.2, -0.15) is 0 Å². The molecule has 0 unspecified atom stereocenters. The van der Waals surface area contributed by atoms with Gasteiger partial charge >= 0.3 is 5.97 Å². The molecule has 0 amide bonds. The van der Waals surface area contributed by atoms with Crippen LogP contribution in [0, 0.1) is 0 Å². The van der Waals surface area contributed by atoms with E-state index in [9.17, 15) is 4.79 Å². The van der Waals surface area contributed by atoms with Gasteiger partial charge in [-0.1, -0.05) is 0 Å². The van der Waals surface area contributed by atoms with Crippen molar-refractivity contribution >= 4 is 11.7 Å². The van der Waals surface area contributed by atoms with Crippen LogP contribution in [-0.4, -0.2) is 28.1 Å². The summed E-state index contributed by atoms with van der Waals surface area (Å²) in [4.78, 5) is 18.7. The molecule has 1 heterocycles. The average molecular weight is 229 g/mol. The fourth-order valence-corrected chi connectivity index (χ4v) is 1.37. The Morgan fingerprint density at radius 3 is 2.24 bits per heavy atom. The lowest BCUT2D eigenvalue weighted by Gasteiger charge is -2.02. The van der Waals surface area contributed by atoms with Gasteiger partial charge in [-0.15, -0.1) is 0 Å². The number of anilines is 1. The van der Waals surface area contributed by atoms with Crippen LogP contribution in [0.4, 0.5) is 5.69 Å². The monoisotopic (exact) mass is 229 g/mol. The number of carboxylic acids is 1. The highest BCUT2D eigenvalue weighted by Crippen LogP contribution is 2.17. The molecule has 2 aromatic rings. The van der Waals surface area contributed by atoms with Crippen molar-refractivity contribution in [2.24, 2.45) is 0 Å². The second-order valence-electron chi connectivity index (χ2n) is 3.43. The summed E-state index contributed by atoms with van der Waals surface area (Å²) in [5.41, 5.74) is 1.93. The minimum Gasteiger partial charge on any atom is -0.478 e. The summed E-state index contributed by atoms with van der Waals surface area (Å²) in [6.45, 7) is 0. The van der Waals surface area contributed by atoms with E-state index in [1.54, 1.807) is 0 Å². The number of hydrogen-bond acceptors (Lipinski definition) is 4. The summed E-state index contributed by atoms with van der Waals surface area (Å²) in [6.07, 6.45) is 2.60. The van der Waals surface area contributed by atoms with Gasteiger partial charge in [0.05, 0.1) is 5.56 Å². The third-order valence-electron chi connectivity index (χ3n) is 2.33. The molecule has 0 aliphatic carbocycles. The molecule has 0 bridgehead atoms. The summed E-state index contributed by atoms with van der Waals surface area (Å²) in [5, 5.41) is 11.7. The number of hydrogen-bond donors (Lipinski definition) is 2. The number of nitrogens with zero attached hydrogens (tertiary/aromatic N) is 2. The predicted molar refractivity (Wildman–Crippen MR) is 64.0 cm³/mol. The van der Waals surface area contributed by atoms with Gasteiger partial charge in [0.15, 0.2) is 5.82 Å². The van der Waals surface area contributed by atoms with Crippen molar-refractivity contribution in [1.82, 2.24) is 9.97 Å². The number of nitrogens with one attached hydrogen (secondary N) is 1. The van der Waals surface area contributed by atoms with Crippen molar-refractivity contribution in [2.45, 2.75) is 0 Å². The van der Waals surface area contributed by atoms with Crippen LogP contribution < -0.4 is 5.32 Å². The zero-order chi connectivity index (χ0) is 12.3. The number of carbonyl (C=O) groups is 1. The largest absolute Gasteiger partial charge is 0.478 e. The molecule has 0 aliphatic rings. The van der Waals surface area contributed by atoms with Crippen LogP contribution in [0.1, 0.15) is 10.4 Å². The summed E-state index contributed by atoms with van der Waals surface area (Å²) >= 11 is 0. The average Bonchev–Trinajstić information content (AvgIpc) is 2.39. The maximum absolute atomic E-state index is 10.6. The quantitative estimate of drug-likeness (QED) is 0.840. The molecule has 0 fully saturated rings. The summed E-state index contributed by atoms with van der Waals surface area (Å²) in [7, 11) is 1.84. The van der Waals surface area contributed by atoms with E-state index in [1.807, 2.05) is 31.3 Å². The van der Waals surface area contributed by atoms with Crippen LogP contribution in [-0.2, 0) is 0 Å². The van der Waals surface area contributed by atoms with E-state index in [-0.39, 0.29) is 5.56 Å². The first-order valence-electron chi connectivity index (χ1n) is 5.04. The molecular weight excluding hydrogens is 218 g/mol. The highest BCUT2D eigenvalue weighted by Gasteiger charge is 2.05. The molecule has 0 atom stereocenters. The second-order valence-corrected chi connectivity index (χ2v) is 3.43. The van der Waals surface area contributed by atoms with Crippen molar-refractivity contribution in [1.29, 1.82) is 0 Å². The highest BCUT2D eigenvalue weighted by atomic mass is 16.4. The Morgan fingerprint density at radius 1 is 1.18 bits per heavy atom. The van der Waals surface area contributed by atoms with Crippen LogP contribution in [0.5, 0.6) is 0 Å². The molecule has 0 saturated carbocycles. The van der Waals surface area contributed by atoms with E-state index in [1.165, 1.54) is 12.4 Å². The van der Waals surface area contributed by atoms with E-state index in [0.29, 0.717) is 5.82 Å². The van der Waals surface area contributed by atoms with Crippen molar-refractivity contribution in [3.8, 4) is 11.4 Å². The molecule has 0 aliphatic heterocycles. The Balaban J connectivity index is 2.29. The van der Waals surface area contributed by atoms with Crippen LogP contribution in [0.3, 0.4) is 0 Å². The Hall–Kier alpha value is -2.43. The van der Waals surface area contributed by atoms with Gasteiger partial charge in [0.25, 0.3) is 0 Å². The lowest BCUT2D eigenvalue weighted by atomic mass is 10.2. The maximum Gasteiger partial charge on any atom is 0.338 e. The zero-order valence-corrected chi connectivity index (χ0v) is 9.21. The van der Waals surface area contributed by atoms with Gasteiger partial charge in [0.1, 0.15) is 0 Å². The number of carboxylic acid groups (broad SMARTS) is 1. The third-order valence-corrected chi connectivity index (χ3v) is 2.33. The van der Waals surface area contributed by atoms with Crippen molar-refractivity contribution < 1.29 is 9.90 Å². The van der Waals surface area contributed by atoms with E-state index in [4.69, 9.17) is 5.11 Å². The third kappa shape index (κ3) is 2.39. The molecule has 17 heavy (non-hydrogen) atoms. The van der Waals surface area contributed by atoms with E-state index in [2.05, 4.69) is 15.3 Å². The molecule has 2 rings (SSSR count). The number of benzene rings is 1. The lowest BCUT2D eigenvalue weighted by molar-refractivity contribution is 0.0696. The molecule has 86 valence electrons. The normalized spacial score (nSPS) is 9.94. The minimum atomic E-state index is -1.03. The smallest absolute Gasteiger partial charge is 0.338 e. The summed E-state index contributed by atoms with van der Waals surface area (Å²) < 4.78 is 0. The van der Waals surface area contributed by atoms with E-state index >= 15 is 0 Å². The number of aromatic carboxylic acids is 1. The molecule has 0 spiro atoms. The zero-order valence-electron chi connectivity index (χ0n) is 9.21. The van der Waals surface area contributed by atoms with Crippen molar-refractivity contribution in [3.63, 3.8) is 0 Å². The first kappa shape index (κ1) is 11.1. The predicted octanol–water partition coefficient (Wildman–Crippen LogP) is 1.88. The molecular formula is C12H11N3O2. The minimum absolute atomic E-state index is 0.0839. The van der Waals surface area contributed by atoms with Gasteiger partial charge in [-0.3, -0.25) is 0 Å². The fourth-order valence-electron chi connectivity index (χ4n) is 1.37.